The van der Waals surface area contributed by atoms with Crippen LogP contribution in [0.4, 0.5) is 0 Å². The van der Waals surface area contributed by atoms with Gasteiger partial charge in [0.1, 0.15) is 24.2 Å². The minimum absolute atomic E-state index is 0.103. The van der Waals surface area contributed by atoms with Gasteiger partial charge in [-0.2, -0.15) is 5.26 Å². The van der Waals surface area contributed by atoms with E-state index in [1.807, 2.05) is 11.4 Å². The highest BCUT2D eigenvalue weighted by molar-refractivity contribution is 7.03. The van der Waals surface area contributed by atoms with Crippen molar-refractivity contribution >= 4 is 29.1 Å². The number of aromatic nitrogens is 1. The number of rotatable bonds is 7. The molecule has 3 aromatic rings. The van der Waals surface area contributed by atoms with Crippen LogP contribution in [0.3, 0.4) is 0 Å². The normalized spacial score (nSPS) is 11.4. The van der Waals surface area contributed by atoms with Crippen molar-refractivity contribution < 1.29 is 19.4 Å². The molecule has 0 aliphatic heterocycles. The fourth-order valence-electron chi connectivity index (χ4n) is 2.31. The Kier molecular flexibility index (Phi) is 5.91. The van der Waals surface area contributed by atoms with Gasteiger partial charge in [-0.15, -0.1) is 0 Å². The number of ether oxygens (including phenoxy) is 2. The molecule has 0 saturated heterocycles. The van der Waals surface area contributed by atoms with Crippen LogP contribution in [-0.4, -0.2) is 15.4 Å². The first-order chi connectivity index (χ1) is 13.1. The largest absolute Gasteiger partial charge is 0.489 e. The molecule has 0 bridgehead atoms. The van der Waals surface area contributed by atoms with Crippen LogP contribution in [0.1, 0.15) is 22.8 Å². The summed E-state index contributed by atoms with van der Waals surface area (Å²) in [5.74, 6) is -0.674. The summed E-state index contributed by atoms with van der Waals surface area (Å²) in [6, 6.07) is 13.1. The minimum atomic E-state index is -1.36. The molecule has 8 heteroatoms. The van der Waals surface area contributed by atoms with Crippen LogP contribution in [0.2, 0.25) is 5.02 Å². The van der Waals surface area contributed by atoms with Crippen molar-refractivity contribution in [1.29, 1.82) is 5.26 Å². The molecule has 1 N–H and O–H groups in total. The molecule has 1 unspecified atom stereocenters. The third kappa shape index (κ3) is 4.56. The lowest BCUT2D eigenvalue weighted by Crippen LogP contribution is -2.19. The molecule has 27 heavy (non-hydrogen) atoms. The zero-order chi connectivity index (χ0) is 19.2. The Balaban J connectivity index is 1.87. The van der Waals surface area contributed by atoms with Gasteiger partial charge < -0.3 is 14.6 Å². The second kappa shape index (κ2) is 8.54. The zero-order valence-corrected chi connectivity index (χ0v) is 15.4. The molecule has 3 rings (SSSR count). The van der Waals surface area contributed by atoms with Gasteiger partial charge in [-0.3, -0.25) is 0 Å². The molecule has 0 spiro atoms. The molecule has 0 aliphatic rings. The van der Waals surface area contributed by atoms with Crippen molar-refractivity contribution in [3.63, 3.8) is 0 Å². The summed E-state index contributed by atoms with van der Waals surface area (Å²) in [5, 5.41) is 21.0. The van der Waals surface area contributed by atoms with E-state index in [-0.39, 0.29) is 16.3 Å². The van der Waals surface area contributed by atoms with Crippen molar-refractivity contribution in [1.82, 2.24) is 4.37 Å². The van der Waals surface area contributed by atoms with E-state index in [0.29, 0.717) is 17.9 Å². The van der Waals surface area contributed by atoms with Gasteiger partial charge in [-0.05, 0) is 29.7 Å². The maximum Gasteiger partial charge on any atom is 0.349 e. The van der Waals surface area contributed by atoms with Crippen LogP contribution >= 0.6 is 23.1 Å². The second-order valence-corrected chi connectivity index (χ2v) is 6.51. The van der Waals surface area contributed by atoms with Crippen molar-refractivity contribution in [2.24, 2.45) is 0 Å². The van der Waals surface area contributed by atoms with Gasteiger partial charge in [-0.1, -0.05) is 29.8 Å². The smallest absolute Gasteiger partial charge is 0.349 e. The van der Waals surface area contributed by atoms with Gasteiger partial charge >= 0.3 is 5.97 Å². The van der Waals surface area contributed by atoms with Crippen LogP contribution in [0.5, 0.6) is 11.5 Å². The first kappa shape index (κ1) is 18.7. The number of carboxylic acids is 1. The maximum atomic E-state index is 11.7. The number of aliphatic carboxylic acids is 1. The molecule has 6 nitrogen and oxygen atoms in total. The van der Waals surface area contributed by atoms with Gasteiger partial charge in [0.15, 0.2) is 0 Å². The number of halogens is 1. The summed E-state index contributed by atoms with van der Waals surface area (Å²) in [5.41, 5.74) is 1.40. The Morgan fingerprint density at radius 2 is 2.15 bits per heavy atom. The molecular formula is C19H13ClN2O4S. The lowest BCUT2D eigenvalue weighted by atomic mass is 10.1. The molecule has 0 amide bonds. The third-order valence-corrected chi connectivity index (χ3v) is 4.60. The molecule has 1 aromatic heterocycles. The van der Waals surface area contributed by atoms with E-state index in [1.54, 1.807) is 36.5 Å². The van der Waals surface area contributed by atoms with E-state index in [2.05, 4.69) is 4.37 Å². The van der Waals surface area contributed by atoms with E-state index in [1.165, 1.54) is 23.7 Å². The number of carboxylic acid groups (broad SMARTS) is 1. The SMILES string of the molecule is N#Cc1ccc(OCc2cnsc2)cc1OC(C(=O)O)c1ccccc1Cl. The Labute approximate surface area is 164 Å². The predicted molar refractivity (Wildman–Crippen MR) is 100 cm³/mol. The van der Waals surface area contributed by atoms with Crippen LogP contribution in [0, 0.1) is 11.3 Å². The summed E-state index contributed by atoms with van der Waals surface area (Å²) in [6.45, 7) is 0.300. The number of nitriles is 1. The van der Waals surface area contributed by atoms with Crippen LogP contribution in [0.25, 0.3) is 0 Å². The number of benzene rings is 2. The quantitative estimate of drug-likeness (QED) is 0.629. The lowest BCUT2D eigenvalue weighted by molar-refractivity contribution is -0.145. The topological polar surface area (TPSA) is 92.4 Å². The molecule has 0 aliphatic carbocycles. The lowest BCUT2D eigenvalue weighted by Gasteiger charge is -2.18. The average Bonchev–Trinajstić information content (AvgIpc) is 3.18. The molecule has 0 saturated carbocycles. The van der Waals surface area contributed by atoms with Crippen molar-refractivity contribution in [2.45, 2.75) is 12.7 Å². The van der Waals surface area contributed by atoms with E-state index in [4.69, 9.17) is 21.1 Å². The monoisotopic (exact) mass is 400 g/mol. The number of nitrogens with zero attached hydrogens (tertiary/aromatic N) is 2. The molecule has 1 heterocycles. The Morgan fingerprint density at radius 3 is 2.81 bits per heavy atom. The van der Waals surface area contributed by atoms with Crippen molar-refractivity contribution in [2.75, 3.05) is 0 Å². The fourth-order valence-corrected chi connectivity index (χ4v) is 3.06. The van der Waals surface area contributed by atoms with Gasteiger partial charge in [0.05, 0.1) is 5.56 Å². The highest BCUT2D eigenvalue weighted by Crippen LogP contribution is 2.32. The van der Waals surface area contributed by atoms with E-state index < -0.39 is 12.1 Å². The summed E-state index contributed by atoms with van der Waals surface area (Å²) in [6.07, 6.45) is 0.339. The summed E-state index contributed by atoms with van der Waals surface area (Å²) < 4.78 is 15.3. The maximum absolute atomic E-state index is 11.7. The highest BCUT2D eigenvalue weighted by Gasteiger charge is 2.25. The molecular weight excluding hydrogens is 388 g/mol. The first-order valence-electron chi connectivity index (χ1n) is 7.77. The Bertz CT molecular complexity index is 986. The van der Waals surface area contributed by atoms with E-state index in [0.717, 1.165) is 5.56 Å². The standard InChI is InChI=1S/C19H13ClN2O4S/c20-16-4-2-1-3-15(16)18(19(23)24)26-17-7-14(6-5-13(17)8-21)25-10-12-9-22-27-11-12/h1-7,9,11,18H,10H2,(H,23,24). The average molecular weight is 401 g/mol. The second-order valence-electron chi connectivity index (χ2n) is 5.45. The van der Waals surface area contributed by atoms with Gasteiger partial charge in [0, 0.05) is 33.8 Å². The van der Waals surface area contributed by atoms with Crippen LogP contribution < -0.4 is 9.47 Å². The molecule has 0 radical (unpaired) electrons. The Hall–Kier alpha value is -3.08. The summed E-state index contributed by atoms with van der Waals surface area (Å²) in [7, 11) is 0. The first-order valence-corrected chi connectivity index (χ1v) is 8.99. The number of carbonyl (C=O) groups is 1. The molecule has 1 atom stereocenters. The van der Waals surface area contributed by atoms with Gasteiger partial charge in [0.2, 0.25) is 6.10 Å². The number of hydrogen-bond acceptors (Lipinski definition) is 6. The number of hydrogen-bond donors (Lipinski definition) is 1. The zero-order valence-electron chi connectivity index (χ0n) is 13.8. The van der Waals surface area contributed by atoms with Crippen molar-refractivity contribution in [3.05, 3.63) is 75.8 Å². The summed E-state index contributed by atoms with van der Waals surface area (Å²) in [4.78, 5) is 11.7. The van der Waals surface area contributed by atoms with Crippen LogP contribution in [-0.2, 0) is 11.4 Å². The van der Waals surface area contributed by atoms with Gasteiger partial charge in [0.25, 0.3) is 0 Å². The third-order valence-electron chi connectivity index (χ3n) is 3.62. The molecule has 136 valence electrons. The Morgan fingerprint density at radius 1 is 1.33 bits per heavy atom. The van der Waals surface area contributed by atoms with Crippen LogP contribution in [0.15, 0.2) is 54.0 Å². The van der Waals surface area contributed by atoms with E-state index in [9.17, 15) is 15.2 Å². The van der Waals surface area contributed by atoms with E-state index >= 15 is 0 Å². The predicted octanol–water partition coefficient (Wildman–Crippen LogP) is 4.45. The molecule has 0 fully saturated rings. The fraction of sp³-hybridized carbons (Fsp3) is 0.105. The molecule has 2 aromatic carbocycles. The van der Waals surface area contributed by atoms with Crippen molar-refractivity contribution in [3.8, 4) is 17.6 Å². The summed E-state index contributed by atoms with van der Waals surface area (Å²) >= 11 is 7.42. The highest BCUT2D eigenvalue weighted by atomic mass is 35.5. The van der Waals surface area contributed by atoms with Gasteiger partial charge in [-0.25, -0.2) is 9.17 Å². The minimum Gasteiger partial charge on any atom is -0.489 e.